The molecule has 0 saturated heterocycles. The largest absolute Gasteiger partial charge is 0.361 e. The number of carbonyl (C=O) groups excluding carboxylic acids is 1. The van der Waals surface area contributed by atoms with E-state index >= 15 is 0 Å². The third kappa shape index (κ3) is 1.91. The molecule has 1 heterocycles. The number of Topliss-reactive ketones (excluding diaryl/α,β-unsaturated/α-hetero) is 1. The molecule has 0 saturated carbocycles. The van der Waals surface area contributed by atoms with Crippen LogP contribution in [0, 0.1) is 12.3 Å². The maximum absolute atomic E-state index is 13.1. The molecule has 3 aliphatic rings. The molecule has 0 amide bonds. The Hall–Kier alpha value is -1.16. The number of aromatic nitrogens is 1. The van der Waals surface area contributed by atoms with Crippen LogP contribution in [0.2, 0.25) is 0 Å². The summed E-state index contributed by atoms with van der Waals surface area (Å²) in [6.45, 7) is 4.07. The van der Waals surface area contributed by atoms with Gasteiger partial charge in [0.05, 0.1) is 5.69 Å². The van der Waals surface area contributed by atoms with Gasteiger partial charge in [-0.2, -0.15) is 0 Å². The second-order valence-electron chi connectivity index (χ2n) is 6.92. The molecule has 4 rings (SSSR count). The summed E-state index contributed by atoms with van der Waals surface area (Å²) in [5, 5.41) is 4.13. The Morgan fingerprint density at radius 3 is 2.95 bits per heavy atom. The maximum Gasteiger partial charge on any atom is 0.166 e. The molecule has 21 heavy (non-hydrogen) atoms. The maximum atomic E-state index is 13.1. The van der Waals surface area contributed by atoms with Gasteiger partial charge in [-0.25, -0.2) is 0 Å². The van der Waals surface area contributed by atoms with Gasteiger partial charge in [0.15, 0.2) is 5.78 Å². The van der Waals surface area contributed by atoms with Crippen molar-refractivity contribution in [1.29, 1.82) is 0 Å². The van der Waals surface area contributed by atoms with Gasteiger partial charge in [-0.15, -0.1) is 0 Å². The molecule has 1 spiro atoms. The van der Waals surface area contributed by atoms with Crippen LogP contribution in [0.15, 0.2) is 27.8 Å². The highest BCUT2D eigenvalue weighted by Crippen LogP contribution is 2.52. The predicted molar refractivity (Wildman–Crippen MR) is 83.4 cm³/mol. The molecule has 2 unspecified atom stereocenters. The average Bonchev–Trinajstić information content (AvgIpc) is 2.92. The number of fused-ring (bicyclic) bond motifs is 1. The van der Waals surface area contributed by atoms with E-state index in [0.29, 0.717) is 5.78 Å². The average molecular weight is 348 g/mol. The van der Waals surface area contributed by atoms with Crippen LogP contribution in [0.1, 0.15) is 43.2 Å². The third-order valence-corrected chi connectivity index (χ3v) is 5.79. The second-order valence-corrected chi connectivity index (χ2v) is 8.73. The van der Waals surface area contributed by atoms with Crippen LogP contribution in [0.3, 0.4) is 0 Å². The van der Waals surface area contributed by atoms with Crippen LogP contribution in [-0.4, -0.2) is 15.3 Å². The fraction of sp³-hybridized carbons (Fsp3) is 0.529. The Bertz CT molecular complexity index is 710. The molecule has 0 aromatic carbocycles. The van der Waals surface area contributed by atoms with E-state index in [1.54, 1.807) is 0 Å². The van der Waals surface area contributed by atoms with E-state index in [4.69, 9.17) is 4.52 Å². The zero-order valence-corrected chi connectivity index (χ0v) is 13.9. The summed E-state index contributed by atoms with van der Waals surface area (Å²) < 4.78 is 5.23. The lowest BCUT2D eigenvalue weighted by Crippen LogP contribution is -2.35. The molecule has 0 bridgehead atoms. The van der Waals surface area contributed by atoms with Gasteiger partial charge in [0.1, 0.15) is 5.76 Å². The fourth-order valence-corrected chi connectivity index (χ4v) is 4.45. The van der Waals surface area contributed by atoms with Gasteiger partial charge in [0, 0.05) is 20.9 Å². The molecule has 1 aromatic rings. The highest BCUT2D eigenvalue weighted by atomic mass is 79.9. The molecule has 0 aliphatic heterocycles. The Morgan fingerprint density at radius 2 is 2.14 bits per heavy atom. The van der Waals surface area contributed by atoms with Crippen molar-refractivity contribution in [3.63, 3.8) is 0 Å². The van der Waals surface area contributed by atoms with E-state index in [0.717, 1.165) is 49.1 Å². The number of hydrogen-bond donors (Lipinski definition) is 0. The SMILES string of the molecule is Cc1onc2c1CC1(CC2)CC2=C(CC(C)(Br)C=C2)C1=O. The Labute approximate surface area is 132 Å². The third-order valence-electron chi connectivity index (χ3n) is 5.25. The molecular weight excluding hydrogens is 330 g/mol. The fourth-order valence-electron chi connectivity index (χ4n) is 4.04. The van der Waals surface area contributed by atoms with E-state index < -0.39 is 0 Å². The molecular formula is C17H18BrNO2. The Morgan fingerprint density at radius 1 is 1.33 bits per heavy atom. The van der Waals surface area contributed by atoms with Crippen molar-refractivity contribution in [2.45, 2.75) is 50.3 Å². The number of hydrogen-bond acceptors (Lipinski definition) is 3. The number of rotatable bonds is 0. The van der Waals surface area contributed by atoms with E-state index in [1.807, 2.05) is 6.92 Å². The van der Waals surface area contributed by atoms with Crippen molar-refractivity contribution < 1.29 is 9.32 Å². The van der Waals surface area contributed by atoms with Gasteiger partial charge in [-0.3, -0.25) is 4.79 Å². The first-order valence-electron chi connectivity index (χ1n) is 7.49. The van der Waals surface area contributed by atoms with Gasteiger partial charge < -0.3 is 4.52 Å². The van der Waals surface area contributed by atoms with Crippen molar-refractivity contribution in [2.75, 3.05) is 0 Å². The zero-order valence-electron chi connectivity index (χ0n) is 12.3. The summed E-state index contributed by atoms with van der Waals surface area (Å²) in [5.74, 6) is 1.24. The lowest BCUT2D eigenvalue weighted by atomic mass is 9.69. The zero-order chi connectivity index (χ0) is 14.8. The number of allylic oxidation sites excluding steroid dienone is 4. The molecule has 3 nitrogen and oxygen atoms in total. The smallest absolute Gasteiger partial charge is 0.166 e. The summed E-state index contributed by atoms with van der Waals surface area (Å²) in [6, 6.07) is 0. The van der Waals surface area contributed by atoms with Gasteiger partial charge in [0.2, 0.25) is 0 Å². The van der Waals surface area contributed by atoms with Crippen LogP contribution in [0.5, 0.6) is 0 Å². The van der Waals surface area contributed by atoms with Crippen molar-refractivity contribution in [3.05, 3.63) is 40.3 Å². The Balaban J connectivity index is 1.70. The van der Waals surface area contributed by atoms with Gasteiger partial charge in [-0.05, 0) is 51.5 Å². The van der Waals surface area contributed by atoms with Crippen LogP contribution < -0.4 is 0 Å². The van der Waals surface area contributed by atoms with Crippen LogP contribution in [-0.2, 0) is 17.6 Å². The minimum Gasteiger partial charge on any atom is -0.361 e. The van der Waals surface area contributed by atoms with Gasteiger partial charge >= 0.3 is 0 Å². The molecule has 110 valence electrons. The number of ketones is 1. The van der Waals surface area contributed by atoms with Crippen LogP contribution in [0.25, 0.3) is 0 Å². The lowest BCUT2D eigenvalue weighted by molar-refractivity contribution is -0.124. The predicted octanol–water partition coefficient (Wildman–Crippen LogP) is 3.84. The number of alkyl halides is 1. The minimum absolute atomic E-state index is 0.0834. The normalized spacial score (nSPS) is 34.5. The van der Waals surface area contributed by atoms with Crippen molar-refractivity contribution in [2.24, 2.45) is 5.41 Å². The highest BCUT2D eigenvalue weighted by molar-refractivity contribution is 9.10. The van der Waals surface area contributed by atoms with Crippen LogP contribution in [0.4, 0.5) is 0 Å². The number of carbonyl (C=O) groups is 1. The molecule has 3 aliphatic carbocycles. The monoisotopic (exact) mass is 347 g/mol. The van der Waals surface area contributed by atoms with E-state index in [-0.39, 0.29) is 9.74 Å². The number of aryl methyl sites for hydroxylation is 2. The first-order valence-corrected chi connectivity index (χ1v) is 8.29. The summed E-state index contributed by atoms with van der Waals surface area (Å²) in [7, 11) is 0. The molecule has 2 atom stereocenters. The summed E-state index contributed by atoms with van der Waals surface area (Å²) in [6.07, 6.45) is 8.54. The summed E-state index contributed by atoms with van der Waals surface area (Å²) >= 11 is 3.70. The number of halogens is 1. The van der Waals surface area contributed by atoms with Crippen molar-refractivity contribution in [1.82, 2.24) is 5.16 Å². The van der Waals surface area contributed by atoms with Crippen molar-refractivity contribution in [3.8, 4) is 0 Å². The first-order chi connectivity index (χ1) is 9.90. The van der Waals surface area contributed by atoms with E-state index in [1.165, 1.54) is 11.1 Å². The van der Waals surface area contributed by atoms with E-state index in [9.17, 15) is 4.79 Å². The molecule has 1 aromatic heterocycles. The van der Waals surface area contributed by atoms with Crippen LogP contribution >= 0.6 is 15.9 Å². The molecule has 0 fully saturated rings. The number of nitrogens with zero attached hydrogens (tertiary/aromatic N) is 1. The topological polar surface area (TPSA) is 43.1 Å². The standard InChI is InChI=1S/C17H18BrNO2/c1-10-12-9-17(6-4-14(12)19-21-10)7-11-3-5-16(2,18)8-13(11)15(17)20/h3,5H,4,6-9H2,1-2H3. The highest BCUT2D eigenvalue weighted by Gasteiger charge is 2.50. The molecule has 0 radical (unpaired) electrons. The minimum atomic E-state index is -0.244. The molecule has 4 heteroatoms. The van der Waals surface area contributed by atoms with E-state index in [2.05, 4.69) is 40.2 Å². The van der Waals surface area contributed by atoms with Gasteiger partial charge in [-0.1, -0.05) is 33.2 Å². The Kier molecular flexibility index (Phi) is 2.69. The van der Waals surface area contributed by atoms with Gasteiger partial charge in [0.25, 0.3) is 0 Å². The summed E-state index contributed by atoms with van der Waals surface area (Å²) in [5.41, 5.74) is 4.26. The quantitative estimate of drug-likeness (QED) is 0.669. The second kappa shape index (κ2) is 4.19. The van der Waals surface area contributed by atoms with Crippen molar-refractivity contribution >= 4 is 21.7 Å². The lowest BCUT2D eigenvalue weighted by Gasteiger charge is -2.31. The first kappa shape index (κ1) is 13.5. The molecule has 0 N–H and O–H groups in total. The summed E-state index contributed by atoms with van der Waals surface area (Å²) in [4.78, 5) is 13.1.